The molecule has 2 rings (SSSR count). The highest BCUT2D eigenvalue weighted by Gasteiger charge is 2.32. The molecule has 0 bridgehead atoms. The Morgan fingerprint density at radius 2 is 2.19 bits per heavy atom. The van der Waals surface area contributed by atoms with Crippen molar-refractivity contribution in [2.75, 3.05) is 13.1 Å². The molecule has 0 amide bonds. The Hall–Kier alpha value is -0.560. The summed E-state index contributed by atoms with van der Waals surface area (Å²) in [4.78, 5) is 0. The van der Waals surface area contributed by atoms with E-state index in [9.17, 15) is 8.42 Å². The first-order chi connectivity index (χ1) is 7.00. The summed E-state index contributed by atoms with van der Waals surface area (Å²) < 4.78 is 30.4. The van der Waals surface area contributed by atoms with Crippen LogP contribution in [-0.2, 0) is 10.0 Å². The Morgan fingerprint density at radius 1 is 1.50 bits per heavy atom. The smallest absolute Gasteiger partial charge is 0.276 e. The maximum Gasteiger partial charge on any atom is 0.276 e. The number of hydrogen-bond acceptors (Lipinski definition) is 4. The third-order valence-electron chi connectivity index (χ3n) is 2.50. The van der Waals surface area contributed by atoms with Gasteiger partial charge in [-0.1, -0.05) is 0 Å². The number of hydrogen-bond donors (Lipinski definition) is 1. The van der Waals surface area contributed by atoms with Crippen LogP contribution in [0.25, 0.3) is 0 Å². The molecule has 2 N–H and O–H groups in total. The zero-order valence-electron chi connectivity index (χ0n) is 8.92. The third kappa shape index (κ3) is 2.40. The molecule has 0 aromatic carbocycles. The van der Waals surface area contributed by atoms with Gasteiger partial charge in [0.05, 0.1) is 0 Å². The lowest BCUT2D eigenvalue weighted by Gasteiger charge is -2.13. The summed E-state index contributed by atoms with van der Waals surface area (Å²) >= 11 is 0. The van der Waals surface area contributed by atoms with Crippen LogP contribution in [0.2, 0.25) is 0 Å². The van der Waals surface area contributed by atoms with Gasteiger partial charge in [-0.2, -0.15) is 4.31 Å². The van der Waals surface area contributed by atoms with Crippen LogP contribution in [0.3, 0.4) is 0 Å². The molecule has 1 aliphatic rings. The number of nitrogens with zero attached hydrogens (tertiary/aromatic N) is 1. The molecule has 2 heterocycles. The molecule has 1 atom stereocenters. The second kappa shape index (κ2) is 4.75. The number of rotatable bonds is 2. The van der Waals surface area contributed by atoms with Gasteiger partial charge in [0.1, 0.15) is 5.76 Å². The first-order valence-electron chi connectivity index (χ1n) is 4.82. The molecular formula is C9H15ClN2O3S. The fourth-order valence-electron chi connectivity index (χ4n) is 1.65. The molecule has 1 saturated heterocycles. The van der Waals surface area contributed by atoms with Gasteiger partial charge in [-0.05, 0) is 25.5 Å². The van der Waals surface area contributed by atoms with Crippen LogP contribution in [0.4, 0.5) is 0 Å². The predicted molar refractivity (Wildman–Crippen MR) is 62.0 cm³/mol. The lowest BCUT2D eigenvalue weighted by atomic mass is 10.3. The first kappa shape index (κ1) is 13.5. The second-order valence-electron chi connectivity index (χ2n) is 3.78. The van der Waals surface area contributed by atoms with E-state index >= 15 is 0 Å². The van der Waals surface area contributed by atoms with Gasteiger partial charge >= 0.3 is 0 Å². The van der Waals surface area contributed by atoms with E-state index in [0.29, 0.717) is 25.3 Å². The SMILES string of the molecule is Cc1ccc(S(=O)(=O)N2CC[C@H](N)C2)o1.Cl. The number of furan rings is 1. The molecule has 16 heavy (non-hydrogen) atoms. The molecule has 5 nitrogen and oxygen atoms in total. The molecule has 1 aromatic rings. The van der Waals surface area contributed by atoms with E-state index in [1.54, 1.807) is 13.0 Å². The van der Waals surface area contributed by atoms with Crippen LogP contribution in [0.15, 0.2) is 21.6 Å². The van der Waals surface area contributed by atoms with Crippen molar-refractivity contribution in [3.63, 3.8) is 0 Å². The van der Waals surface area contributed by atoms with Gasteiger partial charge in [0, 0.05) is 19.1 Å². The van der Waals surface area contributed by atoms with Gasteiger partial charge in [0.2, 0.25) is 5.09 Å². The molecular weight excluding hydrogens is 252 g/mol. The number of halogens is 1. The van der Waals surface area contributed by atoms with Gasteiger partial charge in [-0.25, -0.2) is 8.42 Å². The lowest BCUT2D eigenvalue weighted by molar-refractivity contribution is 0.397. The summed E-state index contributed by atoms with van der Waals surface area (Å²) in [6.07, 6.45) is 0.707. The van der Waals surface area contributed by atoms with Crippen molar-refractivity contribution < 1.29 is 12.8 Å². The second-order valence-corrected chi connectivity index (χ2v) is 5.65. The molecule has 92 valence electrons. The van der Waals surface area contributed by atoms with Crippen molar-refractivity contribution in [1.82, 2.24) is 4.31 Å². The standard InChI is InChI=1S/C9H14N2O3S.ClH/c1-7-2-3-9(14-7)15(12,13)11-5-4-8(10)6-11;/h2-3,8H,4-6,10H2,1H3;1H/t8-;/m0./s1. The van der Waals surface area contributed by atoms with Crippen molar-refractivity contribution in [3.8, 4) is 0 Å². The van der Waals surface area contributed by atoms with E-state index in [1.165, 1.54) is 10.4 Å². The Balaban J connectivity index is 0.00000128. The maximum atomic E-state index is 12.0. The summed E-state index contributed by atoms with van der Waals surface area (Å²) in [5.74, 6) is 0.595. The summed E-state index contributed by atoms with van der Waals surface area (Å²) in [6, 6.07) is 3.06. The Morgan fingerprint density at radius 3 is 2.62 bits per heavy atom. The minimum absolute atomic E-state index is 0. The molecule has 1 aromatic heterocycles. The van der Waals surface area contributed by atoms with E-state index in [-0.39, 0.29) is 23.5 Å². The summed E-state index contributed by atoms with van der Waals surface area (Å²) in [7, 11) is -3.46. The van der Waals surface area contributed by atoms with Crippen LogP contribution < -0.4 is 5.73 Å². The minimum atomic E-state index is -3.46. The Bertz CT molecular complexity index is 457. The average Bonchev–Trinajstić information content (AvgIpc) is 2.74. The maximum absolute atomic E-state index is 12.0. The number of aryl methyl sites for hydroxylation is 1. The lowest BCUT2D eigenvalue weighted by Crippen LogP contribution is -2.31. The van der Waals surface area contributed by atoms with Crippen molar-refractivity contribution in [1.29, 1.82) is 0 Å². The van der Waals surface area contributed by atoms with Crippen molar-refractivity contribution >= 4 is 22.4 Å². The van der Waals surface area contributed by atoms with Gasteiger partial charge in [0.15, 0.2) is 0 Å². The number of nitrogens with two attached hydrogens (primary N) is 1. The van der Waals surface area contributed by atoms with Gasteiger partial charge in [-0.15, -0.1) is 12.4 Å². The van der Waals surface area contributed by atoms with Crippen LogP contribution in [-0.4, -0.2) is 31.9 Å². The van der Waals surface area contributed by atoms with E-state index in [4.69, 9.17) is 10.2 Å². The average molecular weight is 267 g/mol. The van der Waals surface area contributed by atoms with Crippen LogP contribution in [0.1, 0.15) is 12.2 Å². The quantitative estimate of drug-likeness (QED) is 0.856. The topological polar surface area (TPSA) is 76.5 Å². The predicted octanol–water partition coefficient (Wildman–Crippen LogP) is 0.732. The number of sulfonamides is 1. The molecule has 0 radical (unpaired) electrons. The summed E-state index contributed by atoms with van der Waals surface area (Å²) in [5, 5.41) is 0.00843. The zero-order valence-corrected chi connectivity index (χ0v) is 10.6. The van der Waals surface area contributed by atoms with Crippen LogP contribution in [0, 0.1) is 6.92 Å². The van der Waals surface area contributed by atoms with Crippen molar-refractivity contribution in [3.05, 3.63) is 17.9 Å². The Labute approximate surface area is 101 Å². The van der Waals surface area contributed by atoms with Gasteiger partial charge in [0.25, 0.3) is 10.0 Å². The summed E-state index contributed by atoms with van der Waals surface area (Å²) in [6.45, 7) is 2.57. The fraction of sp³-hybridized carbons (Fsp3) is 0.556. The molecule has 7 heteroatoms. The largest absolute Gasteiger partial charge is 0.449 e. The highest BCUT2D eigenvalue weighted by Crippen LogP contribution is 2.21. The highest BCUT2D eigenvalue weighted by molar-refractivity contribution is 7.89. The van der Waals surface area contributed by atoms with Crippen LogP contribution >= 0.6 is 12.4 Å². The van der Waals surface area contributed by atoms with Gasteiger partial charge < -0.3 is 10.2 Å². The first-order valence-corrected chi connectivity index (χ1v) is 6.26. The zero-order chi connectivity index (χ0) is 11.1. The monoisotopic (exact) mass is 266 g/mol. The molecule has 0 saturated carbocycles. The molecule has 0 aliphatic carbocycles. The Kier molecular flexibility index (Phi) is 4.01. The minimum Gasteiger partial charge on any atom is -0.449 e. The van der Waals surface area contributed by atoms with Crippen LogP contribution in [0.5, 0.6) is 0 Å². The van der Waals surface area contributed by atoms with Gasteiger partial charge in [-0.3, -0.25) is 0 Å². The van der Waals surface area contributed by atoms with Crippen molar-refractivity contribution in [2.45, 2.75) is 24.5 Å². The van der Waals surface area contributed by atoms with E-state index in [2.05, 4.69) is 0 Å². The van der Waals surface area contributed by atoms with E-state index < -0.39 is 10.0 Å². The van der Waals surface area contributed by atoms with E-state index in [1.807, 2.05) is 0 Å². The fourth-order valence-corrected chi connectivity index (χ4v) is 3.11. The third-order valence-corrected chi connectivity index (χ3v) is 4.24. The van der Waals surface area contributed by atoms with Crippen molar-refractivity contribution in [2.24, 2.45) is 5.73 Å². The molecule has 1 fully saturated rings. The molecule has 0 unspecified atom stereocenters. The molecule has 1 aliphatic heterocycles. The normalized spacial score (nSPS) is 22.0. The van der Waals surface area contributed by atoms with E-state index in [0.717, 1.165) is 0 Å². The highest BCUT2D eigenvalue weighted by atomic mass is 35.5. The molecule has 0 spiro atoms. The summed E-state index contributed by atoms with van der Waals surface area (Å²) in [5.41, 5.74) is 5.67.